The van der Waals surface area contributed by atoms with Gasteiger partial charge in [0, 0.05) is 15.6 Å². The van der Waals surface area contributed by atoms with Crippen LogP contribution in [0.3, 0.4) is 0 Å². The smallest absolute Gasteiger partial charge is 0.335 e. The third-order valence-electron chi connectivity index (χ3n) is 5.97. The molecular formula is C24H18Cl2FN3O2. The van der Waals surface area contributed by atoms with Crippen molar-refractivity contribution in [1.29, 1.82) is 0 Å². The Hall–Kier alpha value is -2.96. The molecule has 2 aromatic carbocycles. The average molecular weight is 470 g/mol. The second kappa shape index (κ2) is 8.19. The highest BCUT2D eigenvalue weighted by Crippen LogP contribution is 2.39. The lowest BCUT2D eigenvalue weighted by Gasteiger charge is -2.15. The van der Waals surface area contributed by atoms with Crippen LogP contribution < -0.4 is 0 Å². The van der Waals surface area contributed by atoms with E-state index in [0.29, 0.717) is 32.3 Å². The SMILES string of the molecule is O=C(O)c1ccc(-c2c(F)cnc3cn(-c4cc(Cl)cc(Cl)c4)nc23)cc1C1CCCC1. The van der Waals surface area contributed by atoms with Crippen molar-refractivity contribution in [2.45, 2.75) is 31.6 Å². The van der Waals surface area contributed by atoms with Gasteiger partial charge in [-0.2, -0.15) is 5.10 Å². The van der Waals surface area contributed by atoms with Crippen molar-refractivity contribution in [1.82, 2.24) is 14.8 Å². The molecular weight excluding hydrogens is 452 g/mol. The van der Waals surface area contributed by atoms with Crippen molar-refractivity contribution >= 4 is 40.2 Å². The Morgan fingerprint density at radius 3 is 2.50 bits per heavy atom. The lowest BCUT2D eigenvalue weighted by Crippen LogP contribution is -2.06. The van der Waals surface area contributed by atoms with Gasteiger partial charge >= 0.3 is 5.97 Å². The first kappa shape index (κ1) is 20.9. The molecule has 0 radical (unpaired) electrons. The van der Waals surface area contributed by atoms with Gasteiger partial charge < -0.3 is 5.11 Å². The molecule has 5 rings (SSSR count). The van der Waals surface area contributed by atoms with E-state index >= 15 is 4.39 Å². The molecule has 0 unspecified atom stereocenters. The maximum Gasteiger partial charge on any atom is 0.335 e. The molecule has 0 atom stereocenters. The molecule has 0 spiro atoms. The number of pyridine rings is 1. The summed E-state index contributed by atoms with van der Waals surface area (Å²) in [6, 6.07) is 10.0. The van der Waals surface area contributed by atoms with Crippen LogP contribution in [0.5, 0.6) is 0 Å². The second-order valence-corrected chi connectivity index (χ2v) is 8.88. The largest absolute Gasteiger partial charge is 0.478 e. The second-order valence-electron chi connectivity index (χ2n) is 8.00. The first-order chi connectivity index (χ1) is 15.4. The van der Waals surface area contributed by atoms with Gasteiger partial charge in [0.05, 0.1) is 23.6 Å². The van der Waals surface area contributed by atoms with Gasteiger partial charge in [-0.1, -0.05) is 42.1 Å². The summed E-state index contributed by atoms with van der Waals surface area (Å²) in [4.78, 5) is 16.0. The quantitative estimate of drug-likeness (QED) is 0.353. The van der Waals surface area contributed by atoms with Gasteiger partial charge in [-0.05, 0) is 60.2 Å². The number of halogens is 3. The summed E-state index contributed by atoms with van der Waals surface area (Å²) in [5.74, 6) is -1.33. The molecule has 1 N–H and O–H groups in total. The molecule has 162 valence electrons. The monoisotopic (exact) mass is 469 g/mol. The fourth-order valence-electron chi connectivity index (χ4n) is 4.51. The third-order valence-corrected chi connectivity index (χ3v) is 6.40. The van der Waals surface area contributed by atoms with Crippen molar-refractivity contribution in [3.63, 3.8) is 0 Å². The van der Waals surface area contributed by atoms with E-state index in [4.69, 9.17) is 23.2 Å². The number of carboxylic acid groups (broad SMARTS) is 1. The molecule has 2 heterocycles. The Bertz CT molecular complexity index is 1340. The van der Waals surface area contributed by atoms with E-state index in [9.17, 15) is 9.90 Å². The number of nitrogens with zero attached hydrogens (tertiary/aromatic N) is 3. The van der Waals surface area contributed by atoms with Crippen molar-refractivity contribution in [3.8, 4) is 16.8 Å². The molecule has 0 amide bonds. The van der Waals surface area contributed by atoms with Crippen LogP contribution in [0.1, 0.15) is 47.5 Å². The number of aromatic nitrogens is 3. The van der Waals surface area contributed by atoms with E-state index in [1.807, 2.05) is 0 Å². The fourth-order valence-corrected chi connectivity index (χ4v) is 5.02. The molecule has 0 saturated heterocycles. The normalized spacial score (nSPS) is 14.3. The minimum absolute atomic E-state index is 0.160. The predicted molar refractivity (Wildman–Crippen MR) is 122 cm³/mol. The molecule has 0 aliphatic heterocycles. The number of rotatable bonds is 4. The lowest BCUT2D eigenvalue weighted by molar-refractivity contribution is 0.0695. The summed E-state index contributed by atoms with van der Waals surface area (Å²) in [5, 5.41) is 15.1. The van der Waals surface area contributed by atoms with Crippen LogP contribution in [-0.4, -0.2) is 25.8 Å². The number of hydrogen-bond donors (Lipinski definition) is 1. The number of fused-ring (bicyclic) bond motifs is 1. The minimum atomic E-state index is -0.971. The molecule has 2 aromatic heterocycles. The minimum Gasteiger partial charge on any atom is -0.478 e. The van der Waals surface area contributed by atoms with E-state index < -0.39 is 11.8 Å². The van der Waals surface area contributed by atoms with Crippen LogP contribution in [0.2, 0.25) is 10.0 Å². The molecule has 1 saturated carbocycles. The zero-order chi connectivity index (χ0) is 22.4. The van der Waals surface area contributed by atoms with Crippen molar-refractivity contribution < 1.29 is 14.3 Å². The number of benzene rings is 2. The average Bonchev–Trinajstić information content (AvgIpc) is 3.42. The maximum atomic E-state index is 15.0. The highest BCUT2D eigenvalue weighted by molar-refractivity contribution is 6.34. The summed E-state index contributed by atoms with van der Waals surface area (Å²) in [5.41, 5.74) is 3.39. The highest BCUT2D eigenvalue weighted by atomic mass is 35.5. The van der Waals surface area contributed by atoms with Gasteiger partial charge in [-0.3, -0.25) is 0 Å². The van der Waals surface area contributed by atoms with E-state index in [1.165, 1.54) is 0 Å². The van der Waals surface area contributed by atoms with Crippen molar-refractivity contribution in [3.05, 3.63) is 75.8 Å². The zero-order valence-electron chi connectivity index (χ0n) is 16.9. The number of carboxylic acids is 1. The van der Waals surface area contributed by atoms with Crippen LogP contribution >= 0.6 is 23.2 Å². The van der Waals surface area contributed by atoms with Gasteiger partial charge in [0.25, 0.3) is 0 Å². The van der Waals surface area contributed by atoms with E-state index in [0.717, 1.165) is 37.4 Å². The Kier molecular flexibility index (Phi) is 5.35. The third kappa shape index (κ3) is 3.74. The first-order valence-corrected chi connectivity index (χ1v) is 11.0. The summed E-state index contributed by atoms with van der Waals surface area (Å²) < 4.78 is 16.6. The highest BCUT2D eigenvalue weighted by Gasteiger charge is 2.24. The van der Waals surface area contributed by atoms with Crippen molar-refractivity contribution in [2.24, 2.45) is 0 Å². The molecule has 0 bridgehead atoms. The molecule has 4 aromatic rings. The zero-order valence-corrected chi connectivity index (χ0v) is 18.4. The van der Waals surface area contributed by atoms with Crippen LogP contribution in [0.15, 0.2) is 48.8 Å². The van der Waals surface area contributed by atoms with Gasteiger partial charge in [-0.15, -0.1) is 0 Å². The molecule has 1 aliphatic carbocycles. The summed E-state index contributed by atoms with van der Waals surface area (Å²) in [6.07, 6.45) is 6.84. The summed E-state index contributed by atoms with van der Waals surface area (Å²) in [7, 11) is 0. The Balaban J connectivity index is 1.68. The van der Waals surface area contributed by atoms with E-state index in [2.05, 4.69) is 10.1 Å². The number of carbonyl (C=O) groups is 1. The topological polar surface area (TPSA) is 68.0 Å². The standard InChI is InChI=1S/C24H18Cl2FN3O2/c25-15-8-16(26)10-17(9-15)30-12-21-23(29-30)22(20(27)11-28-21)14-5-6-18(24(31)32)19(7-14)13-3-1-2-4-13/h5-13H,1-4H2,(H,31,32). The number of hydrogen-bond acceptors (Lipinski definition) is 3. The Morgan fingerprint density at radius 1 is 1.09 bits per heavy atom. The Morgan fingerprint density at radius 2 is 1.81 bits per heavy atom. The fraction of sp³-hybridized carbons (Fsp3) is 0.208. The maximum absolute atomic E-state index is 15.0. The van der Waals surface area contributed by atoms with Gasteiger partial charge in [0.1, 0.15) is 11.0 Å². The molecule has 5 nitrogen and oxygen atoms in total. The van der Waals surface area contributed by atoms with Crippen LogP contribution in [-0.2, 0) is 0 Å². The van der Waals surface area contributed by atoms with E-state index in [1.54, 1.807) is 47.3 Å². The molecule has 1 aliphatic rings. The Labute approximate surface area is 193 Å². The van der Waals surface area contributed by atoms with Crippen LogP contribution in [0.4, 0.5) is 4.39 Å². The van der Waals surface area contributed by atoms with Crippen LogP contribution in [0.25, 0.3) is 27.8 Å². The van der Waals surface area contributed by atoms with Crippen molar-refractivity contribution in [2.75, 3.05) is 0 Å². The summed E-state index contributed by atoms with van der Waals surface area (Å²) in [6.45, 7) is 0. The molecule has 8 heteroatoms. The van der Waals surface area contributed by atoms with Gasteiger partial charge in [0.15, 0.2) is 5.82 Å². The van der Waals surface area contributed by atoms with E-state index in [-0.39, 0.29) is 17.0 Å². The number of aromatic carboxylic acids is 1. The van der Waals surface area contributed by atoms with Gasteiger partial charge in [-0.25, -0.2) is 18.9 Å². The molecule has 32 heavy (non-hydrogen) atoms. The predicted octanol–water partition coefficient (Wildman–Crippen LogP) is 6.89. The molecule has 1 fully saturated rings. The van der Waals surface area contributed by atoms with Gasteiger partial charge in [0.2, 0.25) is 0 Å². The summed E-state index contributed by atoms with van der Waals surface area (Å²) >= 11 is 12.2. The van der Waals surface area contributed by atoms with Crippen LogP contribution in [0, 0.1) is 5.82 Å². The first-order valence-electron chi connectivity index (χ1n) is 10.3. The lowest BCUT2D eigenvalue weighted by atomic mass is 9.89.